The molecule has 1 aliphatic heterocycles. The molecular weight excluding hydrogens is 432 g/mol. The van der Waals surface area contributed by atoms with Gasteiger partial charge in [0, 0.05) is 35.5 Å². The first kappa shape index (κ1) is 23.2. The van der Waals surface area contributed by atoms with Gasteiger partial charge in [0.05, 0.1) is 11.3 Å². The van der Waals surface area contributed by atoms with E-state index >= 15 is 0 Å². The van der Waals surface area contributed by atoms with Crippen molar-refractivity contribution >= 4 is 29.3 Å². The van der Waals surface area contributed by atoms with Gasteiger partial charge in [-0.05, 0) is 75.2 Å². The zero-order chi connectivity index (χ0) is 24.6. The lowest BCUT2D eigenvalue weighted by molar-refractivity contribution is -0.121. The molecule has 0 saturated carbocycles. The van der Waals surface area contributed by atoms with Gasteiger partial charge in [0.2, 0.25) is 17.6 Å². The van der Waals surface area contributed by atoms with Crippen LogP contribution in [0.4, 0.5) is 5.69 Å². The number of ether oxygens (including phenoxy) is 1. The van der Waals surface area contributed by atoms with E-state index in [9.17, 15) is 19.2 Å². The maximum atomic E-state index is 12.9. The zero-order valence-electron chi connectivity index (χ0n) is 19.7. The van der Waals surface area contributed by atoms with Gasteiger partial charge in [0.25, 0.3) is 0 Å². The fourth-order valence-electron chi connectivity index (χ4n) is 4.24. The van der Waals surface area contributed by atoms with E-state index in [1.165, 1.54) is 17.7 Å². The van der Waals surface area contributed by atoms with E-state index in [4.69, 9.17) is 4.74 Å². The van der Waals surface area contributed by atoms with Gasteiger partial charge < -0.3 is 9.30 Å². The Balaban J connectivity index is 1.49. The van der Waals surface area contributed by atoms with E-state index in [2.05, 4.69) is 6.07 Å². The fraction of sp³-hybridized carbons (Fsp3) is 0.259. The molecule has 2 heterocycles. The van der Waals surface area contributed by atoms with Gasteiger partial charge in [-0.15, -0.1) is 0 Å². The molecule has 1 aromatic heterocycles. The Morgan fingerprint density at radius 2 is 1.56 bits per heavy atom. The summed E-state index contributed by atoms with van der Waals surface area (Å²) in [7, 11) is 0. The van der Waals surface area contributed by atoms with Crippen LogP contribution in [-0.2, 0) is 14.3 Å². The van der Waals surface area contributed by atoms with Crippen molar-refractivity contribution in [2.45, 2.75) is 40.5 Å². The number of aryl methyl sites for hydroxylation is 3. The molecule has 1 fully saturated rings. The number of ketones is 1. The average Bonchev–Trinajstić information content (AvgIpc) is 3.31. The molecule has 0 unspecified atom stereocenters. The summed E-state index contributed by atoms with van der Waals surface area (Å²) in [5.74, 6) is -1.61. The lowest BCUT2D eigenvalue weighted by atomic mass is 10.1. The number of hydrogen-bond acceptors (Lipinski definition) is 5. The van der Waals surface area contributed by atoms with Gasteiger partial charge in [0.1, 0.15) is 0 Å². The molecule has 0 bridgehead atoms. The highest BCUT2D eigenvalue weighted by molar-refractivity contribution is 6.20. The summed E-state index contributed by atoms with van der Waals surface area (Å²) >= 11 is 0. The first-order valence-electron chi connectivity index (χ1n) is 11.1. The monoisotopic (exact) mass is 458 g/mol. The number of rotatable bonds is 6. The standard InChI is InChI=1S/C27H26N2O5/c1-16-8-9-22(12-17(16)2)28-18(3)13-23(19(28)4)24(30)15-34-27(33)20-6-5-7-21(14-20)29-25(31)10-11-26(29)32/h5-9,12-14H,10-11,15H2,1-4H3. The Morgan fingerprint density at radius 1 is 0.853 bits per heavy atom. The minimum atomic E-state index is -0.697. The number of esters is 1. The van der Waals surface area contributed by atoms with Crippen molar-refractivity contribution in [3.63, 3.8) is 0 Å². The van der Waals surface area contributed by atoms with Crippen LogP contribution in [0, 0.1) is 27.7 Å². The molecule has 4 rings (SSSR count). The molecule has 7 heteroatoms. The van der Waals surface area contributed by atoms with Crippen molar-refractivity contribution in [2.24, 2.45) is 0 Å². The van der Waals surface area contributed by atoms with Crippen LogP contribution < -0.4 is 4.90 Å². The summed E-state index contributed by atoms with van der Waals surface area (Å²) in [5, 5.41) is 0. The number of aromatic nitrogens is 1. The van der Waals surface area contributed by atoms with Gasteiger partial charge in [-0.2, -0.15) is 0 Å². The molecule has 0 N–H and O–H groups in total. The first-order valence-corrected chi connectivity index (χ1v) is 11.1. The maximum absolute atomic E-state index is 12.9. The largest absolute Gasteiger partial charge is 0.454 e. The van der Waals surface area contributed by atoms with Crippen molar-refractivity contribution in [1.82, 2.24) is 4.57 Å². The maximum Gasteiger partial charge on any atom is 0.338 e. The topological polar surface area (TPSA) is 85.7 Å². The number of benzene rings is 2. The molecule has 174 valence electrons. The highest BCUT2D eigenvalue weighted by atomic mass is 16.5. The van der Waals surface area contributed by atoms with Gasteiger partial charge >= 0.3 is 5.97 Å². The highest BCUT2D eigenvalue weighted by Gasteiger charge is 2.30. The van der Waals surface area contributed by atoms with E-state index in [-0.39, 0.29) is 36.0 Å². The molecule has 34 heavy (non-hydrogen) atoms. The average molecular weight is 459 g/mol. The lowest BCUT2D eigenvalue weighted by Gasteiger charge is -2.14. The third kappa shape index (κ3) is 4.29. The molecule has 1 aliphatic rings. The van der Waals surface area contributed by atoms with Gasteiger partial charge in [-0.25, -0.2) is 4.79 Å². The molecule has 3 aromatic rings. The summed E-state index contributed by atoms with van der Waals surface area (Å²) in [6.07, 6.45) is 0.311. The molecule has 2 amide bonds. The molecule has 7 nitrogen and oxygen atoms in total. The number of hydrogen-bond donors (Lipinski definition) is 0. The minimum Gasteiger partial charge on any atom is -0.454 e. The molecule has 2 aromatic carbocycles. The molecule has 0 atom stereocenters. The summed E-state index contributed by atoms with van der Waals surface area (Å²) in [6.45, 7) is 7.47. The van der Waals surface area contributed by atoms with Crippen molar-refractivity contribution in [3.8, 4) is 5.69 Å². The zero-order valence-corrected chi connectivity index (χ0v) is 19.7. The van der Waals surface area contributed by atoms with E-state index in [0.29, 0.717) is 11.3 Å². The predicted octanol–water partition coefficient (Wildman–Crippen LogP) is 4.40. The predicted molar refractivity (Wildman–Crippen MR) is 127 cm³/mol. The quantitative estimate of drug-likeness (QED) is 0.310. The number of carbonyl (C=O) groups is 4. The molecule has 1 saturated heterocycles. The van der Waals surface area contributed by atoms with Crippen molar-refractivity contribution in [3.05, 3.63) is 82.2 Å². The lowest BCUT2D eigenvalue weighted by Crippen LogP contribution is -2.28. The van der Waals surface area contributed by atoms with Crippen LogP contribution in [0.3, 0.4) is 0 Å². The Morgan fingerprint density at radius 3 is 2.24 bits per heavy atom. The van der Waals surface area contributed by atoms with Crippen LogP contribution in [0.15, 0.2) is 48.5 Å². The van der Waals surface area contributed by atoms with E-state index in [1.807, 2.05) is 44.4 Å². The van der Waals surface area contributed by atoms with Crippen LogP contribution in [0.5, 0.6) is 0 Å². The van der Waals surface area contributed by atoms with Crippen molar-refractivity contribution < 1.29 is 23.9 Å². The Kier molecular flexibility index (Phi) is 6.20. The van der Waals surface area contributed by atoms with Crippen LogP contribution >= 0.6 is 0 Å². The molecule has 0 spiro atoms. The van der Waals surface area contributed by atoms with Gasteiger partial charge in [0.15, 0.2) is 6.61 Å². The molecular formula is C27H26N2O5. The summed E-state index contributed by atoms with van der Waals surface area (Å²) in [6, 6.07) is 14.0. The van der Waals surface area contributed by atoms with Crippen LogP contribution in [-0.4, -0.2) is 34.7 Å². The van der Waals surface area contributed by atoms with E-state index in [1.54, 1.807) is 18.2 Å². The van der Waals surface area contributed by atoms with E-state index in [0.717, 1.165) is 27.5 Å². The smallest absolute Gasteiger partial charge is 0.338 e. The summed E-state index contributed by atoms with van der Waals surface area (Å²) in [4.78, 5) is 50.5. The van der Waals surface area contributed by atoms with Crippen LogP contribution in [0.25, 0.3) is 5.69 Å². The van der Waals surface area contributed by atoms with E-state index < -0.39 is 12.6 Å². The van der Waals surface area contributed by atoms with Crippen LogP contribution in [0.1, 0.15) is 56.1 Å². The number of amides is 2. The highest BCUT2D eigenvalue weighted by Crippen LogP contribution is 2.25. The fourth-order valence-corrected chi connectivity index (χ4v) is 4.24. The number of carbonyl (C=O) groups excluding carboxylic acids is 4. The SMILES string of the molecule is Cc1ccc(-n2c(C)cc(C(=O)COC(=O)c3cccc(N4C(=O)CCC4=O)c3)c2C)cc1C. The van der Waals surface area contributed by atoms with Gasteiger partial charge in [-0.3, -0.25) is 19.3 Å². The molecule has 0 radical (unpaired) electrons. The molecule has 0 aliphatic carbocycles. The number of nitrogens with zero attached hydrogens (tertiary/aromatic N) is 2. The third-order valence-corrected chi connectivity index (χ3v) is 6.21. The number of anilines is 1. The number of Topliss-reactive ketones (excluding diaryl/α,β-unsaturated/α-hetero) is 1. The summed E-state index contributed by atoms with van der Waals surface area (Å²) in [5.41, 5.74) is 5.98. The Bertz CT molecular complexity index is 1320. The third-order valence-electron chi connectivity index (χ3n) is 6.21. The summed E-state index contributed by atoms with van der Waals surface area (Å²) < 4.78 is 7.28. The second-order valence-corrected chi connectivity index (χ2v) is 8.56. The van der Waals surface area contributed by atoms with Crippen LogP contribution in [0.2, 0.25) is 0 Å². The van der Waals surface area contributed by atoms with Gasteiger partial charge in [-0.1, -0.05) is 12.1 Å². The number of imide groups is 1. The normalized spacial score (nSPS) is 13.5. The Hall–Kier alpha value is -4.00. The first-order chi connectivity index (χ1) is 16.2. The minimum absolute atomic E-state index is 0.155. The van der Waals surface area contributed by atoms with Crippen molar-refractivity contribution in [2.75, 3.05) is 11.5 Å². The Labute approximate surface area is 197 Å². The van der Waals surface area contributed by atoms with Crippen molar-refractivity contribution in [1.29, 1.82) is 0 Å². The second kappa shape index (κ2) is 9.09. The second-order valence-electron chi connectivity index (χ2n) is 8.56.